The number of nitrogens with zero attached hydrogens (tertiary/aromatic N) is 3. The Hall–Kier alpha value is -2.19. The van der Waals surface area contributed by atoms with E-state index in [1.54, 1.807) is 26.8 Å². The van der Waals surface area contributed by atoms with Crippen LogP contribution in [-0.4, -0.2) is 53.4 Å². The summed E-state index contributed by atoms with van der Waals surface area (Å²) >= 11 is 0. The van der Waals surface area contributed by atoms with Crippen LogP contribution in [-0.2, 0) is 4.74 Å². The molecule has 2 rings (SSSR count). The number of pyridine rings is 1. The standard InChI is InChI=1S/C15H21F3N4O2/c1-14(2,3)24-13(23)22-7-6-21(9-11(22)15(16,17)18)10-4-5-12(19)20-8-10/h4-5,8,11H,6-7,9H2,1-3H3,(H2,19,20). The van der Waals surface area contributed by atoms with E-state index in [1.807, 2.05) is 0 Å². The molecule has 1 aromatic rings. The van der Waals surface area contributed by atoms with Crippen LogP contribution in [0.25, 0.3) is 0 Å². The quantitative estimate of drug-likeness (QED) is 0.846. The van der Waals surface area contributed by atoms with Crippen molar-refractivity contribution in [2.45, 2.75) is 38.6 Å². The molecule has 2 heterocycles. The predicted molar refractivity (Wildman–Crippen MR) is 83.6 cm³/mol. The number of nitrogen functional groups attached to an aromatic ring is 1. The first kappa shape index (κ1) is 18.2. The molecule has 0 aromatic carbocycles. The Bertz CT molecular complexity index is 584. The Morgan fingerprint density at radius 1 is 1.29 bits per heavy atom. The molecule has 24 heavy (non-hydrogen) atoms. The van der Waals surface area contributed by atoms with Crippen LogP contribution in [0.5, 0.6) is 0 Å². The maximum atomic E-state index is 13.4. The van der Waals surface area contributed by atoms with E-state index in [1.165, 1.54) is 17.2 Å². The number of nitrogens with two attached hydrogens (primary N) is 1. The monoisotopic (exact) mass is 346 g/mol. The third-order valence-electron chi connectivity index (χ3n) is 3.52. The number of hydrogen-bond donors (Lipinski definition) is 1. The van der Waals surface area contributed by atoms with E-state index >= 15 is 0 Å². The van der Waals surface area contributed by atoms with Gasteiger partial charge in [0.15, 0.2) is 0 Å². The summed E-state index contributed by atoms with van der Waals surface area (Å²) in [5, 5.41) is 0. The lowest BCUT2D eigenvalue weighted by Gasteiger charge is -2.42. The Labute approximate surface area is 138 Å². The van der Waals surface area contributed by atoms with Crippen LogP contribution in [0.3, 0.4) is 0 Å². The van der Waals surface area contributed by atoms with Crippen LogP contribution in [0.15, 0.2) is 18.3 Å². The average Bonchev–Trinajstić information content (AvgIpc) is 2.44. The molecule has 6 nitrogen and oxygen atoms in total. The van der Waals surface area contributed by atoms with E-state index in [4.69, 9.17) is 10.5 Å². The Morgan fingerprint density at radius 3 is 2.46 bits per heavy atom. The number of anilines is 2. The van der Waals surface area contributed by atoms with E-state index in [0.717, 1.165) is 4.90 Å². The van der Waals surface area contributed by atoms with Gasteiger partial charge in [-0.15, -0.1) is 0 Å². The topological polar surface area (TPSA) is 71.7 Å². The summed E-state index contributed by atoms with van der Waals surface area (Å²) in [6.07, 6.45) is -4.09. The van der Waals surface area contributed by atoms with Crippen molar-refractivity contribution in [3.05, 3.63) is 18.3 Å². The fraction of sp³-hybridized carbons (Fsp3) is 0.600. The number of halogens is 3. The van der Waals surface area contributed by atoms with E-state index in [9.17, 15) is 18.0 Å². The number of ether oxygens (including phenoxy) is 1. The smallest absolute Gasteiger partial charge is 0.410 e. The zero-order chi connectivity index (χ0) is 18.1. The number of carbonyl (C=O) groups is 1. The van der Waals surface area contributed by atoms with Crippen molar-refractivity contribution in [2.75, 3.05) is 30.3 Å². The first-order valence-corrected chi connectivity index (χ1v) is 7.50. The zero-order valence-corrected chi connectivity index (χ0v) is 13.8. The Morgan fingerprint density at radius 2 is 1.96 bits per heavy atom. The molecule has 0 bridgehead atoms. The molecule has 2 N–H and O–H groups in total. The van der Waals surface area contributed by atoms with Crippen LogP contribution >= 0.6 is 0 Å². The first-order chi connectivity index (χ1) is 11.0. The molecule has 1 fully saturated rings. The van der Waals surface area contributed by atoms with Crippen molar-refractivity contribution in [3.63, 3.8) is 0 Å². The molecule has 0 spiro atoms. The van der Waals surface area contributed by atoms with Gasteiger partial charge in [0.1, 0.15) is 17.5 Å². The molecule has 1 aliphatic heterocycles. The number of carbonyl (C=O) groups excluding carboxylic acids is 1. The van der Waals surface area contributed by atoms with E-state index in [0.29, 0.717) is 11.5 Å². The van der Waals surface area contributed by atoms with Gasteiger partial charge in [-0.05, 0) is 32.9 Å². The minimum Gasteiger partial charge on any atom is -0.444 e. The van der Waals surface area contributed by atoms with Gasteiger partial charge in [0.25, 0.3) is 0 Å². The van der Waals surface area contributed by atoms with Crippen molar-refractivity contribution in [3.8, 4) is 0 Å². The number of amides is 1. The van der Waals surface area contributed by atoms with Crippen LogP contribution in [0, 0.1) is 0 Å². The van der Waals surface area contributed by atoms with Crippen LogP contribution in [0.2, 0.25) is 0 Å². The molecule has 1 aromatic heterocycles. The van der Waals surface area contributed by atoms with Gasteiger partial charge in [-0.1, -0.05) is 0 Å². The molecular weight excluding hydrogens is 325 g/mol. The lowest BCUT2D eigenvalue weighted by atomic mass is 10.1. The maximum absolute atomic E-state index is 13.4. The molecule has 0 aliphatic carbocycles. The fourth-order valence-corrected chi connectivity index (χ4v) is 2.42. The van der Waals surface area contributed by atoms with Crippen molar-refractivity contribution in [1.29, 1.82) is 0 Å². The van der Waals surface area contributed by atoms with E-state index in [-0.39, 0.29) is 19.6 Å². The van der Waals surface area contributed by atoms with Crippen molar-refractivity contribution in [1.82, 2.24) is 9.88 Å². The van der Waals surface area contributed by atoms with Gasteiger partial charge in [-0.3, -0.25) is 4.90 Å². The fourth-order valence-electron chi connectivity index (χ4n) is 2.42. The molecular formula is C15H21F3N4O2. The van der Waals surface area contributed by atoms with Crippen molar-refractivity contribution < 1.29 is 22.7 Å². The van der Waals surface area contributed by atoms with Crippen LogP contribution < -0.4 is 10.6 Å². The number of hydrogen-bond acceptors (Lipinski definition) is 5. The molecule has 0 radical (unpaired) electrons. The zero-order valence-electron chi connectivity index (χ0n) is 13.8. The highest BCUT2D eigenvalue weighted by Crippen LogP contribution is 2.31. The number of aromatic nitrogens is 1. The lowest BCUT2D eigenvalue weighted by Crippen LogP contribution is -2.61. The van der Waals surface area contributed by atoms with Crippen LogP contribution in [0.1, 0.15) is 20.8 Å². The molecule has 1 amide bonds. The van der Waals surface area contributed by atoms with Gasteiger partial charge in [0.2, 0.25) is 0 Å². The minimum atomic E-state index is -4.56. The third-order valence-corrected chi connectivity index (χ3v) is 3.52. The number of alkyl halides is 3. The van der Waals surface area contributed by atoms with Gasteiger partial charge in [-0.2, -0.15) is 13.2 Å². The van der Waals surface area contributed by atoms with Gasteiger partial charge in [0.05, 0.1) is 11.9 Å². The second-order valence-electron chi connectivity index (χ2n) is 6.62. The Balaban J connectivity index is 2.19. The van der Waals surface area contributed by atoms with E-state index in [2.05, 4.69) is 4.98 Å². The summed E-state index contributed by atoms with van der Waals surface area (Å²) in [6, 6.07) is 1.19. The molecule has 1 atom stereocenters. The number of rotatable bonds is 1. The summed E-state index contributed by atoms with van der Waals surface area (Å²) in [7, 11) is 0. The molecule has 0 saturated carbocycles. The highest BCUT2D eigenvalue weighted by atomic mass is 19.4. The third kappa shape index (κ3) is 4.42. The SMILES string of the molecule is CC(C)(C)OC(=O)N1CCN(c2ccc(N)nc2)CC1C(F)(F)F. The first-order valence-electron chi connectivity index (χ1n) is 7.50. The van der Waals surface area contributed by atoms with Gasteiger partial charge in [0, 0.05) is 19.6 Å². The average molecular weight is 346 g/mol. The Kier molecular flexibility index (Phi) is 4.82. The molecule has 1 unspecified atom stereocenters. The van der Waals surface area contributed by atoms with Gasteiger partial charge < -0.3 is 15.4 Å². The second-order valence-corrected chi connectivity index (χ2v) is 6.62. The molecule has 9 heteroatoms. The second kappa shape index (κ2) is 6.37. The summed E-state index contributed by atoms with van der Waals surface area (Å²) < 4.78 is 45.4. The van der Waals surface area contributed by atoms with Crippen LogP contribution in [0.4, 0.5) is 29.5 Å². The van der Waals surface area contributed by atoms with E-state index < -0.39 is 23.9 Å². The molecule has 134 valence electrons. The van der Waals surface area contributed by atoms with Crippen molar-refractivity contribution in [2.24, 2.45) is 0 Å². The summed E-state index contributed by atoms with van der Waals surface area (Å²) in [6.45, 7) is 4.62. The van der Waals surface area contributed by atoms with Gasteiger partial charge >= 0.3 is 12.3 Å². The molecule has 1 saturated heterocycles. The maximum Gasteiger partial charge on any atom is 0.410 e. The van der Waals surface area contributed by atoms with Crippen molar-refractivity contribution >= 4 is 17.6 Å². The minimum absolute atomic E-state index is 0.0938. The lowest BCUT2D eigenvalue weighted by molar-refractivity contribution is -0.181. The normalized spacial score (nSPS) is 19.3. The summed E-state index contributed by atoms with van der Waals surface area (Å²) in [5.41, 5.74) is 5.17. The molecule has 1 aliphatic rings. The largest absolute Gasteiger partial charge is 0.444 e. The van der Waals surface area contributed by atoms with Gasteiger partial charge in [-0.25, -0.2) is 9.78 Å². The highest BCUT2D eigenvalue weighted by molar-refractivity contribution is 5.69. The predicted octanol–water partition coefficient (Wildman–Crippen LogP) is 2.65. The summed E-state index contributed by atoms with van der Waals surface area (Å²) in [5.74, 6) is 0.290. The highest BCUT2D eigenvalue weighted by Gasteiger charge is 2.49. The summed E-state index contributed by atoms with van der Waals surface area (Å²) in [4.78, 5) is 18.3. The number of piperazine rings is 1.